The number of hydrogen-bond donors (Lipinski definition) is 1. The number of imidazole rings is 1. The molecule has 0 atom stereocenters. The molecule has 1 heterocycles. The molecule has 1 aromatic heterocycles. The number of rotatable bonds is 8. The summed E-state index contributed by atoms with van der Waals surface area (Å²) in [5.41, 5.74) is 0.797. The van der Waals surface area contributed by atoms with Crippen molar-refractivity contribution in [1.29, 1.82) is 0 Å². The highest BCUT2D eigenvalue weighted by atomic mass is 16.5. The maximum Gasteiger partial charge on any atom is 0.224 e. The fourth-order valence-corrected chi connectivity index (χ4v) is 2.08. The largest absolute Gasteiger partial charge is 0.486 e. The summed E-state index contributed by atoms with van der Waals surface area (Å²) in [6.07, 6.45) is 7.35. The fourth-order valence-electron chi connectivity index (χ4n) is 2.08. The van der Waals surface area contributed by atoms with Crippen molar-refractivity contribution in [2.24, 2.45) is 7.05 Å². The minimum atomic E-state index is 0.0649. The molecule has 0 saturated carbocycles. The Labute approximate surface area is 131 Å². The summed E-state index contributed by atoms with van der Waals surface area (Å²) in [5, 5.41) is 2.90. The first-order valence-electron chi connectivity index (χ1n) is 7.68. The number of anilines is 1. The predicted octanol–water partition coefficient (Wildman–Crippen LogP) is 3.52. The van der Waals surface area contributed by atoms with Crippen LogP contribution in [0.15, 0.2) is 36.7 Å². The Morgan fingerprint density at radius 2 is 2.05 bits per heavy atom. The number of nitrogens with one attached hydrogen (secondary N) is 1. The summed E-state index contributed by atoms with van der Waals surface area (Å²) < 4.78 is 7.60. The lowest BCUT2D eigenvalue weighted by atomic mass is 10.2. The van der Waals surface area contributed by atoms with E-state index < -0.39 is 0 Å². The molecule has 5 nitrogen and oxygen atoms in total. The molecular formula is C17H23N3O2. The smallest absolute Gasteiger partial charge is 0.224 e. The predicted molar refractivity (Wildman–Crippen MR) is 86.8 cm³/mol. The number of hydrogen-bond acceptors (Lipinski definition) is 3. The maximum absolute atomic E-state index is 11.7. The molecule has 1 amide bonds. The highest BCUT2D eigenvalue weighted by Gasteiger charge is 2.03. The number of carbonyl (C=O) groups excluding carboxylic acids is 1. The highest BCUT2D eigenvalue weighted by Crippen LogP contribution is 2.17. The number of nitrogens with zero attached hydrogens (tertiary/aromatic N) is 2. The number of carbonyl (C=O) groups is 1. The van der Waals surface area contributed by atoms with Crippen LogP contribution < -0.4 is 10.1 Å². The minimum Gasteiger partial charge on any atom is -0.486 e. The second-order valence-corrected chi connectivity index (χ2v) is 5.27. The fraction of sp³-hybridized carbons (Fsp3) is 0.412. The van der Waals surface area contributed by atoms with Crippen LogP contribution in [-0.4, -0.2) is 15.5 Å². The zero-order chi connectivity index (χ0) is 15.8. The van der Waals surface area contributed by atoms with Crippen molar-refractivity contribution in [2.45, 2.75) is 39.2 Å². The molecule has 0 unspecified atom stereocenters. The van der Waals surface area contributed by atoms with Crippen molar-refractivity contribution in [3.8, 4) is 5.75 Å². The van der Waals surface area contributed by atoms with Gasteiger partial charge in [-0.05, 0) is 30.7 Å². The first-order chi connectivity index (χ1) is 10.7. The molecule has 0 saturated heterocycles. The third-order valence-corrected chi connectivity index (χ3v) is 3.43. The molecule has 118 valence electrons. The quantitative estimate of drug-likeness (QED) is 0.759. The van der Waals surface area contributed by atoms with Crippen molar-refractivity contribution < 1.29 is 9.53 Å². The van der Waals surface area contributed by atoms with E-state index in [1.165, 1.54) is 0 Å². The van der Waals surface area contributed by atoms with Crippen LogP contribution in [-0.2, 0) is 18.4 Å². The van der Waals surface area contributed by atoms with E-state index in [0.717, 1.165) is 36.5 Å². The molecule has 0 bridgehead atoms. The molecule has 0 aliphatic carbocycles. The van der Waals surface area contributed by atoms with Gasteiger partial charge < -0.3 is 14.6 Å². The third-order valence-electron chi connectivity index (χ3n) is 3.43. The number of ether oxygens (including phenoxy) is 1. The topological polar surface area (TPSA) is 56.1 Å². The molecule has 0 aliphatic heterocycles. The van der Waals surface area contributed by atoms with E-state index in [0.29, 0.717) is 13.0 Å². The van der Waals surface area contributed by atoms with E-state index in [2.05, 4.69) is 17.2 Å². The lowest BCUT2D eigenvalue weighted by Gasteiger charge is -2.08. The molecule has 0 fully saturated rings. The Balaban J connectivity index is 1.80. The number of benzene rings is 1. The van der Waals surface area contributed by atoms with Crippen LogP contribution in [0, 0.1) is 0 Å². The molecule has 0 radical (unpaired) electrons. The van der Waals surface area contributed by atoms with Crippen LogP contribution in [0.5, 0.6) is 5.75 Å². The van der Waals surface area contributed by atoms with Gasteiger partial charge >= 0.3 is 0 Å². The molecule has 0 aliphatic rings. The standard InChI is InChI=1S/C17H23N3O2/c1-3-4-5-6-17(21)19-14-7-9-15(10-8-14)22-13-16-18-11-12-20(16)2/h7-12H,3-6,13H2,1-2H3,(H,19,21). The second-order valence-electron chi connectivity index (χ2n) is 5.27. The van der Waals surface area contributed by atoms with Crippen LogP contribution in [0.2, 0.25) is 0 Å². The zero-order valence-electron chi connectivity index (χ0n) is 13.2. The van der Waals surface area contributed by atoms with Gasteiger partial charge in [0.25, 0.3) is 0 Å². The van der Waals surface area contributed by atoms with Crippen LogP contribution in [0.4, 0.5) is 5.69 Å². The Morgan fingerprint density at radius 1 is 1.27 bits per heavy atom. The summed E-state index contributed by atoms with van der Waals surface area (Å²) in [6.45, 7) is 2.55. The van der Waals surface area contributed by atoms with Gasteiger partial charge in [-0.1, -0.05) is 19.8 Å². The Kier molecular flexibility index (Phi) is 6.01. The molecule has 1 aromatic carbocycles. The Morgan fingerprint density at radius 3 is 2.68 bits per heavy atom. The monoisotopic (exact) mass is 301 g/mol. The lowest BCUT2D eigenvalue weighted by molar-refractivity contribution is -0.116. The average molecular weight is 301 g/mol. The molecule has 2 aromatic rings. The van der Waals surface area contributed by atoms with Gasteiger partial charge in [0, 0.05) is 31.5 Å². The highest BCUT2D eigenvalue weighted by molar-refractivity contribution is 5.90. The number of amides is 1. The van der Waals surface area contributed by atoms with E-state index in [4.69, 9.17) is 4.74 Å². The van der Waals surface area contributed by atoms with Gasteiger partial charge in [0.05, 0.1) is 0 Å². The molecule has 1 N–H and O–H groups in total. The Bertz CT molecular complexity index is 590. The van der Waals surface area contributed by atoms with Crippen molar-refractivity contribution in [3.63, 3.8) is 0 Å². The van der Waals surface area contributed by atoms with E-state index in [9.17, 15) is 4.79 Å². The summed E-state index contributed by atoms with van der Waals surface area (Å²) in [5.74, 6) is 1.69. The molecule has 0 spiro atoms. The third kappa shape index (κ3) is 4.91. The first-order valence-corrected chi connectivity index (χ1v) is 7.68. The van der Waals surface area contributed by atoms with Gasteiger partial charge in [-0.3, -0.25) is 4.79 Å². The van der Waals surface area contributed by atoms with Crippen molar-refractivity contribution in [2.75, 3.05) is 5.32 Å². The van der Waals surface area contributed by atoms with Gasteiger partial charge in [0.1, 0.15) is 18.2 Å². The first kappa shape index (κ1) is 16.1. The van der Waals surface area contributed by atoms with E-state index >= 15 is 0 Å². The van der Waals surface area contributed by atoms with Crippen molar-refractivity contribution in [3.05, 3.63) is 42.5 Å². The summed E-state index contributed by atoms with van der Waals surface area (Å²) in [4.78, 5) is 15.9. The van der Waals surface area contributed by atoms with E-state index in [1.54, 1.807) is 6.20 Å². The summed E-state index contributed by atoms with van der Waals surface area (Å²) >= 11 is 0. The number of aromatic nitrogens is 2. The van der Waals surface area contributed by atoms with Crippen LogP contribution in [0.1, 0.15) is 38.4 Å². The Hall–Kier alpha value is -2.30. The molecule has 2 rings (SSSR count). The van der Waals surface area contributed by atoms with E-state index in [1.807, 2.05) is 42.1 Å². The summed E-state index contributed by atoms with van der Waals surface area (Å²) in [7, 11) is 1.93. The van der Waals surface area contributed by atoms with Crippen LogP contribution in [0.25, 0.3) is 0 Å². The minimum absolute atomic E-state index is 0.0649. The maximum atomic E-state index is 11.7. The van der Waals surface area contributed by atoms with Gasteiger partial charge in [0.15, 0.2) is 0 Å². The average Bonchev–Trinajstić information content (AvgIpc) is 2.92. The molecular weight excluding hydrogens is 278 g/mol. The van der Waals surface area contributed by atoms with Gasteiger partial charge in [-0.15, -0.1) is 0 Å². The number of aryl methyl sites for hydroxylation is 1. The molecule has 5 heteroatoms. The summed E-state index contributed by atoms with van der Waals surface area (Å²) in [6, 6.07) is 7.41. The van der Waals surface area contributed by atoms with Gasteiger partial charge in [-0.2, -0.15) is 0 Å². The van der Waals surface area contributed by atoms with Crippen LogP contribution in [0.3, 0.4) is 0 Å². The van der Waals surface area contributed by atoms with Gasteiger partial charge in [0.2, 0.25) is 5.91 Å². The van der Waals surface area contributed by atoms with E-state index in [-0.39, 0.29) is 5.91 Å². The zero-order valence-corrected chi connectivity index (χ0v) is 13.2. The SMILES string of the molecule is CCCCCC(=O)Nc1ccc(OCc2nccn2C)cc1. The molecule has 22 heavy (non-hydrogen) atoms. The van der Waals surface area contributed by atoms with Crippen molar-refractivity contribution in [1.82, 2.24) is 9.55 Å². The normalized spacial score (nSPS) is 10.5. The van der Waals surface area contributed by atoms with Crippen LogP contribution >= 0.6 is 0 Å². The second kappa shape index (κ2) is 8.22. The lowest BCUT2D eigenvalue weighted by Crippen LogP contribution is -2.10. The number of unbranched alkanes of at least 4 members (excludes halogenated alkanes) is 2. The van der Waals surface area contributed by atoms with Gasteiger partial charge in [-0.25, -0.2) is 4.98 Å². The van der Waals surface area contributed by atoms with Crippen molar-refractivity contribution >= 4 is 11.6 Å².